The molecule has 1 unspecified atom stereocenters. The summed E-state index contributed by atoms with van der Waals surface area (Å²) in [5.74, 6) is -0.248. The standard InChI is InChI=1S/C21H28FN3OS/c1-21(2,16-7-9-17(22)10-8-16)15-24-20(26)23-14-18(19-6-5-13-27-19)25-11-3-4-12-25/h5-10,13,18H,3-4,11-12,14-15H2,1-2H3,(H2,23,24,26). The van der Waals surface area contributed by atoms with Crippen LogP contribution in [0.3, 0.4) is 0 Å². The van der Waals surface area contributed by atoms with Crippen LogP contribution < -0.4 is 10.6 Å². The van der Waals surface area contributed by atoms with Gasteiger partial charge in [-0.3, -0.25) is 4.90 Å². The summed E-state index contributed by atoms with van der Waals surface area (Å²) in [6, 6.07) is 10.7. The Hall–Kier alpha value is -1.92. The molecule has 1 aliphatic heterocycles. The Morgan fingerprint density at radius 1 is 1.19 bits per heavy atom. The molecule has 4 nitrogen and oxygen atoms in total. The minimum absolute atomic E-state index is 0.161. The lowest BCUT2D eigenvalue weighted by atomic mass is 9.84. The van der Waals surface area contributed by atoms with E-state index >= 15 is 0 Å². The number of carbonyl (C=O) groups is 1. The summed E-state index contributed by atoms with van der Waals surface area (Å²) in [5, 5.41) is 8.09. The van der Waals surface area contributed by atoms with Gasteiger partial charge in [-0.2, -0.15) is 0 Å². The number of nitrogens with one attached hydrogen (secondary N) is 2. The van der Waals surface area contributed by atoms with Crippen molar-refractivity contribution in [1.82, 2.24) is 15.5 Å². The van der Waals surface area contributed by atoms with Gasteiger partial charge in [0, 0.05) is 23.4 Å². The van der Waals surface area contributed by atoms with Crippen molar-refractivity contribution in [2.45, 2.75) is 38.1 Å². The topological polar surface area (TPSA) is 44.4 Å². The molecule has 146 valence electrons. The van der Waals surface area contributed by atoms with Crippen molar-refractivity contribution in [2.24, 2.45) is 0 Å². The second kappa shape index (κ2) is 8.85. The van der Waals surface area contributed by atoms with Gasteiger partial charge < -0.3 is 10.6 Å². The summed E-state index contributed by atoms with van der Waals surface area (Å²) in [6.45, 7) is 7.34. The maximum atomic E-state index is 13.1. The first-order valence-electron chi connectivity index (χ1n) is 9.51. The highest BCUT2D eigenvalue weighted by Crippen LogP contribution is 2.28. The quantitative estimate of drug-likeness (QED) is 0.741. The van der Waals surface area contributed by atoms with Gasteiger partial charge in [-0.15, -0.1) is 11.3 Å². The molecule has 0 saturated carbocycles. The number of nitrogens with zero attached hydrogens (tertiary/aromatic N) is 1. The second-order valence-electron chi connectivity index (χ2n) is 7.73. The molecule has 1 aromatic carbocycles. The lowest BCUT2D eigenvalue weighted by Crippen LogP contribution is -2.45. The Kier molecular flexibility index (Phi) is 6.50. The van der Waals surface area contributed by atoms with Crippen molar-refractivity contribution in [2.75, 3.05) is 26.2 Å². The number of hydrogen-bond acceptors (Lipinski definition) is 3. The van der Waals surface area contributed by atoms with E-state index in [9.17, 15) is 9.18 Å². The third-order valence-corrected chi connectivity index (χ3v) is 6.20. The molecule has 0 bridgehead atoms. The molecule has 1 aromatic heterocycles. The van der Waals surface area contributed by atoms with Crippen LogP contribution in [0.5, 0.6) is 0 Å². The zero-order chi connectivity index (χ0) is 19.3. The molecule has 27 heavy (non-hydrogen) atoms. The van der Waals surface area contributed by atoms with Gasteiger partial charge >= 0.3 is 6.03 Å². The highest BCUT2D eigenvalue weighted by atomic mass is 32.1. The largest absolute Gasteiger partial charge is 0.337 e. The number of amides is 2. The fraction of sp³-hybridized carbons (Fsp3) is 0.476. The third kappa shape index (κ3) is 5.30. The molecule has 6 heteroatoms. The smallest absolute Gasteiger partial charge is 0.314 e. The molecular weight excluding hydrogens is 361 g/mol. The van der Waals surface area contributed by atoms with Gasteiger partial charge in [0.15, 0.2) is 0 Å². The first-order chi connectivity index (χ1) is 13.0. The predicted octanol–water partition coefficient (Wildman–Crippen LogP) is 4.30. The SMILES string of the molecule is CC(C)(CNC(=O)NCC(c1cccs1)N1CCCC1)c1ccc(F)cc1. The molecule has 0 radical (unpaired) electrons. The molecule has 0 aliphatic carbocycles. The number of carbonyl (C=O) groups excluding carboxylic acids is 1. The number of hydrogen-bond donors (Lipinski definition) is 2. The van der Waals surface area contributed by atoms with Crippen molar-refractivity contribution in [3.63, 3.8) is 0 Å². The van der Waals surface area contributed by atoms with E-state index in [1.807, 2.05) is 13.8 Å². The van der Waals surface area contributed by atoms with Crippen LogP contribution in [0.4, 0.5) is 9.18 Å². The van der Waals surface area contributed by atoms with Crippen LogP contribution in [0.25, 0.3) is 0 Å². The van der Waals surface area contributed by atoms with Crippen LogP contribution >= 0.6 is 11.3 Å². The van der Waals surface area contributed by atoms with E-state index in [-0.39, 0.29) is 23.3 Å². The van der Waals surface area contributed by atoms with Crippen molar-refractivity contribution in [3.05, 3.63) is 58.0 Å². The number of thiophene rings is 1. The molecule has 1 fully saturated rings. The molecule has 1 atom stereocenters. The molecule has 2 N–H and O–H groups in total. The Bertz CT molecular complexity index is 724. The van der Waals surface area contributed by atoms with E-state index in [4.69, 9.17) is 0 Å². The monoisotopic (exact) mass is 389 g/mol. The number of halogens is 1. The summed E-state index contributed by atoms with van der Waals surface area (Å²) in [4.78, 5) is 16.1. The maximum Gasteiger partial charge on any atom is 0.314 e. The van der Waals surface area contributed by atoms with Crippen molar-refractivity contribution < 1.29 is 9.18 Å². The highest BCUT2D eigenvalue weighted by Gasteiger charge is 2.25. The minimum Gasteiger partial charge on any atom is -0.337 e. The summed E-state index contributed by atoms with van der Waals surface area (Å²) in [6.07, 6.45) is 2.44. The van der Waals surface area contributed by atoms with Gasteiger partial charge in [-0.1, -0.05) is 32.0 Å². The summed E-state index contributed by atoms with van der Waals surface area (Å²) in [7, 11) is 0. The van der Waals surface area contributed by atoms with Crippen LogP contribution in [0.2, 0.25) is 0 Å². The fourth-order valence-corrected chi connectivity index (χ4v) is 4.36. The first kappa shape index (κ1) is 19.8. The molecule has 0 spiro atoms. The molecule has 1 aliphatic rings. The van der Waals surface area contributed by atoms with Gasteiger partial charge in [0.25, 0.3) is 0 Å². The average Bonchev–Trinajstić information content (AvgIpc) is 3.35. The molecule has 1 saturated heterocycles. The average molecular weight is 390 g/mol. The summed E-state index contributed by atoms with van der Waals surface area (Å²) >= 11 is 1.74. The number of benzene rings is 1. The van der Waals surface area contributed by atoms with Crippen LogP contribution in [0, 0.1) is 5.82 Å². The highest BCUT2D eigenvalue weighted by molar-refractivity contribution is 7.10. The third-order valence-electron chi connectivity index (χ3n) is 5.23. The Balaban J connectivity index is 1.52. The maximum absolute atomic E-state index is 13.1. The van der Waals surface area contributed by atoms with E-state index in [1.54, 1.807) is 23.5 Å². The lowest BCUT2D eigenvalue weighted by Gasteiger charge is -2.28. The molecule has 3 rings (SSSR count). The fourth-order valence-electron chi connectivity index (χ4n) is 3.50. The van der Waals surface area contributed by atoms with Gasteiger partial charge in [-0.25, -0.2) is 9.18 Å². The zero-order valence-electron chi connectivity index (χ0n) is 16.0. The Labute approximate surface area is 164 Å². The zero-order valence-corrected chi connectivity index (χ0v) is 16.8. The normalized spacial score (nSPS) is 16.3. The van der Waals surface area contributed by atoms with Crippen LogP contribution in [-0.4, -0.2) is 37.1 Å². The van der Waals surface area contributed by atoms with Crippen molar-refractivity contribution >= 4 is 17.4 Å². The minimum atomic E-state index is -0.271. The van der Waals surface area contributed by atoms with E-state index in [1.165, 1.54) is 29.9 Å². The van der Waals surface area contributed by atoms with E-state index in [0.717, 1.165) is 18.7 Å². The number of urea groups is 1. The summed E-state index contributed by atoms with van der Waals surface area (Å²) in [5.41, 5.74) is 0.727. The molecular formula is C21H28FN3OS. The number of likely N-dealkylation sites (tertiary alicyclic amines) is 1. The number of rotatable bonds is 7. The Morgan fingerprint density at radius 3 is 2.52 bits per heavy atom. The van der Waals surface area contributed by atoms with Crippen LogP contribution in [0.1, 0.15) is 43.2 Å². The van der Waals surface area contributed by atoms with Gasteiger partial charge in [0.1, 0.15) is 5.82 Å². The van der Waals surface area contributed by atoms with Crippen LogP contribution in [0.15, 0.2) is 41.8 Å². The van der Waals surface area contributed by atoms with Gasteiger partial charge in [-0.05, 0) is 55.1 Å². The first-order valence-corrected chi connectivity index (χ1v) is 10.4. The van der Waals surface area contributed by atoms with Gasteiger partial charge in [0.2, 0.25) is 0 Å². The van der Waals surface area contributed by atoms with E-state index in [2.05, 4.69) is 33.0 Å². The second-order valence-corrected chi connectivity index (χ2v) is 8.71. The van der Waals surface area contributed by atoms with Crippen molar-refractivity contribution in [3.8, 4) is 0 Å². The molecule has 2 amide bonds. The molecule has 2 aromatic rings. The van der Waals surface area contributed by atoms with E-state index in [0.29, 0.717) is 13.1 Å². The van der Waals surface area contributed by atoms with Crippen LogP contribution in [-0.2, 0) is 5.41 Å². The molecule has 2 heterocycles. The Morgan fingerprint density at radius 2 is 1.89 bits per heavy atom. The van der Waals surface area contributed by atoms with E-state index < -0.39 is 0 Å². The van der Waals surface area contributed by atoms with Crippen molar-refractivity contribution in [1.29, 1.82) is 0 Å². The predicted molar refractivity (Wildman–Crippen MR) is 109 cm³/mol. The van der Waals surface area contributed by atoms with Gasteiger partial charge in [0.05, 0.1) is 6.04 Å². The lowest BCUT2D eigenvalue weighted by molar-refractivity contribution is 0.221. The summed E-state index contributed by atoms with van der Waals surface area (Å²) < 4.78 is 13.1.